The van der Waals surface area contributed by atoms with Crippen LogP contribution >= 0.6 is 0 Å². The Labute approximate surface area is 124 Å². The van der Waals surface area contributed by atoms with Crippen molar-refractivity contribution in [1.82, 2.24) is 0 Å². The van der Waals surface area contributed by atoms with E-state index in [0.29, 0.717) is 6.42 Å². The lowest BCUT2D eigenvalue weighted by Crippen LogP contribution is -2.11. The van der Waals surface area contributed by atoms with Crippen LogP contribution in [-0.2, 0) is 9.59 Å². The molecule has 0 amide bonds. The second-order valence-corrected chi connectivity index (χ2v) is 5.13. The smallest absolute Gasteiger partial charge is 0.310 e. The molecule has 0 aliphatic heterocycles. The van der Waals surface area contributed by atoms with Crippen LogP contribution in [0, 0.1) is 6.92 Å². The van der Waals surface area contributed by atoms with Crippen molar-refractivity contribution in [2.24, 2.45) is 0 Å². The van der Waals surface area contributed by atoms with Crippen molar-refractivity contribution < 1.29 is 14.7 Å². The van der Waals surface area contributed by atoms with E-state index in [9.17, 15) is 14.7 Å². The highest BCUT2D eigenvalue weighted by Gasteiger charge is 2.19. The summed E-state index contributed by atoms with van der Waals surface area (Å²) < 4.78 is 0. The first kappa shape index (κ1) is 15.0. The highest BCUT2D eigenvalue weighted by Crippen LogP contribution is 2.27. The monoisotopic (exact) mass is 282 g/mol. The van der Waals surface area contributed by atoms with E-state index >= 15 is 0 Å². The van der Waals surface area contributed by atoms with Crippen molar-refractivity contribution in [3.63, 3.8) is 0 Å². The third-order valence-electron chi connectivity index (χ3n) is 3.51. The van der Waals surface area contributed by atoms with Crippen molar-refractivity contribution in [1.29, 1.82) is 0 Å². The molecule has 3 heteroatoms. The van der Waals surface area contributed by atoms with Crippen LogP contribution in [-0.4, -0.2) is 17.4 Å². The lowest BCUT2D eigenvalue weighted by Gasteiger charge is -2.13. The van der Waals surface area contributed by atoms with Gasteiger partial charge in [0.1, 0.15) is 6.29 Å². The summed E-state index contributed by atoms with van der Waals surface area (Å²) in [5, 5.41) is 9.34. The number of hydrogen-bond donors (Lipinski definition) is 1. The van der Waals surface area contributed by atoms with Gasteiger partial charge in [-0.2, -0.15) is 0 Å². The minimum absolute atomic E-state index is 0.256. The van der Waals surface area contributed by atoms with Gasteiger partial charge in [-0.15, -0.1) is 0 Å². The molecular formula is C18H18O3. The summed E-state index contributed by atoms with van der Waals surface area (Å²) in [6.45, 7) is 2.03. The van der Waals surface area contributed by atoms with Crippen molar-refractivity contribution >= 4 is 12.3 Å². The van der Waals surface area contributed by atoms with Crippen LogP contribution in [0.2, 0.25) is 0 Å². The number of carbonyl (C=O) groups is 2. The minimum Gasteiger partial charge on any atom is -0.481 e. The van der Waals surface area contributed by atoms with Gasteiger partial charge in [-0.25, -0.2) is 0 Å². The minimum atomic E-state index is -0.891. The van der Waals surface area contributed by atoms with Crippen molar-refractivity contribution in [2.75, 3.05) is 0 Å². The van der Waals surface area contributed by atoms with Gasteiger partial charge in [0.15, 0.2) is 0 Å². The lowest BCUT2D eigenvalue weighted by atomic mass is 9.91. The number of carbonyl (C=O) groups excluding carboxylic acids is 1. The fourth-order valence-corrected chi connectivity index (χ4v) is 2.43. The summed E-state index contributed by atoms with van der Waals surface area (Å²) in [5.41, 5.74) is 3.96. The van der Waals surface area contributed by atoms with E-state index in [0.717, 1.165) is 28.5 Å². The zero-order valence-electron chi connectivity index (χ0n) is 12.0. The zero-order valence-corrected chi connectivity index (χ0v) is 12.0. The molecule has 3 nitrogen and oxygen atoms in total. The summed E-state index contributed by atoms with van der Waals surface area (Å²) in [6, 6.07) is 15.6. The molecule has 2 aromatic rings. The third kappa shape index (κ3) is 3.78. The van der Waals surface area contributed by atoms with Gasteiger partial charge in [-0.05, 0) is 30.0 Å². The predicted octanol–water partition coefficient (Wildman–Crippen LogP) is 3.81. The van der Waals surface area contributed by atoms with Crippen molar-refractivity contribution in [3.8, 4) is 11.1 Å². The van der Waals surface area contributed by atoms with Crippen LogP contribution in [0.15, 0.2) is 48.5 Å². The molecule has 1 N–H and O–H groups in total. The summed E-state index contributed by atoms with van der Waals surface area (Å²) in [5.74, 6) is -1.53. The molecule has 0 heterocycles. The number of rotatable bonds is 6. The molecule has 0 fully saturated rings. The molecule has 0 radical (unpaired) electrons. The van der Waals surface area contributed by atoms with E-state index < -0.39 is 11.9 Å². The quantitative estimate of drug-likeness (QED) is 0.820. The average molecular weight is 282 g/mol. The topological polar surface area (TPSA) is 54.4 Å². The number of aldehydes is 1. The lowest BCUT2D eigenvalue weighted by molar-refractivity contribution is -0.139. The van der Waals surface area contributed by atoms with Crippen LogP contribution in [0.5, 0.6) is 0 Å². The maximum absolute atomic E-state index is 11.4. The summed E-state index contributed by atoms with van der Waals surface area (Å²) in [7, 11) is 0. The van der Waals surface area contributed by atoms with E-state index in [1.807, 2.05) is 49.4 Å². The Morgan fingerprint density at radius 3 is 2.43 bits per heavy atom. The molecule has 0 spiro atoms. The number of aliphatic carboxylic acids is 1. The Morgan fingerprint density at radius 1 is 1.14 bits per heavy atom. The van der Waals surface area contributed by atoms with Crippen LogP contribution in [0.25, 0.3) is 11.1 Å². The number of carboxylic acids is 1. The molecular weight excluding hydrogens is 264 g/mol. The Morgan fingerprint density at radius 2 is 1.81 bits per heavy atom. The summed E-state index contributed by atoms with van der Waals surface area (Å²) >= 11 is 0. The number of aryl methyl sites for hydroxylation is 1. The molecule has 0 saturated heterocycles. The van der Waals surface area contributed by atoms with Gasteiger partial charge in [0.2, 0.25) is 0 Å². The molecule has 1 atom stereocenters. The number of benzene rings is 2. The summed E-state index contributed by atoms with van der Waals surface area (Å²) in [4.78, 5) is 21.9. The van der Waals surface area contributed by atoms with E-state index in [-0.39, 0.29) is 6.42 Å². The largest absolute Gasteiger partial charge is 0.481 e. The highest BCUT2D eigenvalue weighted by molar-refractivity contribution is 5.77. The van der Waals surface area contributed by atoms with Gasteiger partial charge >= 0.3 is 5.97 Å². The Balaban J connectivity index is 2.35. The van der Waals surface area contributed by atoms with E-state index in [1.165, 1.54) is 0 Å². The molecule has 21 heavy (non-hydrogen) atoms. The average Bonchev–Trinajstić information content (AvgIpc) is 2.48. The maximum Gasteiger partial charge on any atom is 0.310 e. The van der Waals surface area contributed by atoms with Gasteiger partial charge in [-0.1, -0.05) is 54.1 Å². The van der Waals surface area contributed by atoms with E-state index in [2.05, 4.69) is 6.07 Å². The van der Waals surface area contributed by atoms with Crippen molar-refractivity contribution in [2.45, 2.75) is 25.7 Å². The molecule has 1 unspecified atom stereocenters. The molecule has 108 valence electrons. The predicted molar refractivity (Wildman–Crippen MR) is 82.3 cm³/mol. The van der Waals surface area contributed by atoms with Crippen molar-refractivity contribution in [3.05, 3.63) is 59.7 Å². The van der Waals surface area contributed by atoms with Gasteiger partial charge in [0.05, 0.1) is 5.92 Å². The molecule has 2 aromatic carbocycles. The second-order valence-electron chi connectivity index (χ2n) is 5.13. The fraction of sp³-hybridized carbons (Fsp3) is 0.222. The first-order valence-corrected chi connectivity index (χ1v) is 6.95. The zero-order chi connectivity index (χ0) is 15.2. The number of carboxylic acid groups (broad SMARTS) is 1. The highest BCUT2D eigenvalue weighted by atomic mass is 16.4. The first-order chi connectivity index (χ1) is 10.1. The van der Waals surface area contributed by atoms with Crippen LogP contribution in [0.4, 0.5) is 0 Å². The third-order valence-corrected chi connectivity index (χ3v) is 3.51. The second kappa shape index (κ2) is 6.84. The molecule has 0 aliphatic carbocycles. The Kier molecular flexibility index (Phi) is 4.88. The molecule has 0 aromatic heterocycles. The van der Waals surface area contributed by atoms with Crippen LogP contribution in [0.3, 0.4) is 0 Å². The van der Waals surface area contributed by atoms with Crippen LogP contribution in [0.1, 0.15) is 29.9 Å². The van der Waals surface area contributed by atoms with Gasteiger partial charge in [0.25, 0.3) is 0 Å². The fourth-order valence-electron chi connectivity index (χ4n) is 2.43. The normalized spacial score (nSPS) is 11.9. The van der Waals surface area contributed by atoms with E-state index in [4.69, 9.17) is 0 Å². The van der Waals surface area contributed by atoms with Crippen LogP contribution < -0.4 is 0 Å². The Hall–Kier alpha value is -2.42. The molecule has 0 bridgehead atoms. The van der Waals surface area contributed by atoms with Gasteiger partial charge in [-0.3, -0.25) is 4.79 Å². The SMILES string of the molecule is Cc1cccc(-c2cccc(C(CCC=O)C(=O)O)c2)c1. The maximum atomic E-state index is 11.4. The van der Waals surface area contributed by atoms with Gasteiger partial charge < -0.3 is 9.90 Å². The first-order valence-electron chi connectivity index (χ1n) is 6.95. The molecule has 0 saturated carbocycles. The Bertz CT molecular complexity index is 646. The summed E-state index contributed by atoms with van der Waals surface area (Å²) in [6.07, 6.45) is 1.35. The van der Waals surface area contributed by atoms with Gasteiger partial charge in [0, 0.05) is 6.42 Å². The standard InChI is InChI=1S/C18H18O3/c1-13-5-2-6-14(11-13)15-7-3-8-16(12-15)17(18(20)21)9-4-10-19/h2-3,5-8,10-12,17H,4,9H2,1H3,(H,20,21). The number of hydrogen-bond acceptors (Lipinski definition) is 2. The molecule has 0 aliphatic rings. The molecule has 2 rings (SSSR count). The van der Waals surface area contributed by atoms with E-state index in [1.54, 1.807) is 0 Å².